The molecule has 0 saturated carbocycles. The molecule has 0 aliphatic heterocycles. The average molecular weight is 344 g/mol. The van der Waals surface area contributed by atoms with Crippen molar-refractivity contribution in [2.24, 2.45) is 0 Å². The SMILES string of the molecule is COc1cc(CNC(=O)c2cccc([N+](=O)[O-])c2)ccc1OC(C)C. The summed E-state index contributed by atoms with van der Waals surface area (Å²) in [6.07, 6.45) is 0.0216. The van der Waals surface area contributed by atoms with Gasteiger partial charge in [0.1, 0.15) is 0 Å². The van der Waals surface area contributed by atoms with Crippen LogP contribution < -0.4 is 14.8 Å². The van der Waals surface area contributed by atoms with Crippen LogP contribution in [0.15, 0.2) is 42.5 Å². The summed E-state index contributed by atoms with van der Waals surface area (Å²) in [6.45, 7) is 4.11. The number of amides is 1. The Kier molecular flexibility index (Phi) is 5.94. The molecule has 7 nitrogen and oxygen atoms in total. The molecular formula is C18H20N2O5. The number of carbonyl (C=O) groups excluding carboxylic acids is 1. The van der Waals surface area contributed by atoms with Gasteiger partial charge in [-0.3, -0.25) is 14.9 Å². The van der Waals surface area contributed by atoms with E-state index in [-0.39, 0.29) is 29.8 Å². The molecule has 0 radical (unpaired) electrons. The van der Waals surface area contributed by atoms with Crippen LogP contribution >= 0.6 is 0 Å². The number of carbonyl (C=O) groups is 1. The summed E-state index contributed by atoms with van der Waals surface area (Å²) in [5.41, 5.74) is 0.942. The van der Waals surface area contributed by atoms with E-state index < -0.39 is 4.92 Å². The van der Waals surface area contributed by atoms with E-state index in [1.807, 2.05) is 19.9 Å². The first kappa shape index (κ1) is 18.3. The maximum Gasteiger partial charge on any atom is 0.270 e. The van der Waals surface area contributed by atoms with E-state index in [0.29, 0.717) is 11.5 Å². The van der Waals surface area contributed by atoms with E-state index in [4.69, 9.17) is 9.47 Å². The van der Waals surface area contributed by atoms with Gasteiger partial charge in [0, 0.05) is 24.2 Å². The summed E-state index contributed by atoms with van der Waals surface area (Å²) in [5.74, 6) is 0.826. The highest BCUT2D eigenvalue weighted by atomic mass is 16.6. The largest absolute Gasteiger partial charge is 0.493 e. The second-order valence-corrected chi connectivity index (χ2v) is 5.64. The van der Waals surface area contributed by atoms with E-state index in [2.05, 4.69) is 5.32 Å². The zero-order chi connectivity index (χ0) is 18.4. The number of hydrogen-bond acceptors (Lipinski definition) is 5. The van der Waals surface area contributed by atoms with Crippen LogP contribution in [0, 0.1) is 10.1 Å². The Hall–Kier alpha value is -3.09. The topological polar surface area (TPSA) is 90.7 Å². The fourth-order valence-corrected chi connectivity index (χ4v) is 2.22. The Morgan fingerprint density at radius 2 is 1.96 bits per heavy atom. The van der Waals surface area contributed by atoms with Crippen LogP contribution in [0.25, 0.3) is 0 Å². The number of non-ortho nitro benzene ring substituents is 1. The maximum atomic E-state index is 12.2. The quantitative estimate of drug-likeness (QED) is 0.614. The third-order valence-corrected chi connectivity index (χ3v) is 3.36. The molecule has 0 aliphatic carbocycles. The lowest BCUT2D eigenvalue weighted by Gasteiger charge is -2.14. The molecule has 0 bridgehead atoms. The number of nitrogens with zero attached hydrogens (tertiary/aromatic N) is 1. The maximum absolute atomic E-state index is 12.2. The normalized spacial score (nSPS) is 10.4. The molecule has 0 saturated heterocycles. The third-order valence-electron chi connectivity index (χ3n) is 3.36. The fraction of sp³-hybridized carbons (Fsp3) is 0.278. The third kappa shape index (κ3) is 4.94. The molecule has 7 heteroatoms. The monoisotopic (exact) mass is 344 g/mol. The first-order valence-corrected chi connectivity index (χ1v) is 7.77. The van der Waals surface area contributed by atoms with Crippen molar-refractivity contribution in [3.8, 4) is 11.5 Å². The summed E-state index contributed by atoms with van der Waals surface area (Å²) >= 11 is 0. The lowest BCUT2D eigenvalue weighted by Crippen LogP contribution is -2.22. The van der Waals surface area contributed by atoms with Crippen LogP contribution in [-0.2, 0) is 6.54 Å². The number of benzene rings is 2. The molecular weight excluding hydrogens is 324 g/mol. The van der Waals surface area contributed by atoms with E-state index in [9.17, 15) is 14.9 Å². The zero-order valence-corrected chi connectivity index (χ0v) is 14.3. The molecule has 2 aromatic rings. The van der Waals surface area contributed by atoms with Gasteiger partial charge in [0.05, 0.1) is 18.1 Å². The molecule has 0 atom stereocenters. The van der Waals surface area contributed by atoms with Gasteiger partial charge in [-0.25, -0.2) is 0 Å². The second-order valence-electron chi connectivity index (χ2n) is 5.64. The predicted molar refractivity (Wildman–Crippen MR) is 93.0 cm³/mol. The van der Waals surface area contributed by atoms with Crippen LogP contribution in [0.5, 0.6) is 11.5 Å². The summed E-state index contributed by atoms with van der Waals surface area (Å²) in [7, 11) is 1.55. The Morgan fingerprint density at radius 1 is 1.20 bits per heavy atom. The van der Waals surface area contributed by atoms with Crippen LogP contribution in [-0.4, -0.2) is 24.0 Å². The highest BCUT2D eigenvalue weighted by Gasteiger charge is 2.12. The molecule has 0 spiro atoms. The molecule has 0 aromatic heterocycles. The lowest BCUT2D eigenvalue weighted by atomic mass is 10.1. The van der Waals surface area contributed by atoms with E-state index >= 15 is 0 Å². The van der Waals surface area contributed by atoms with Gasteiger partial charge < -0.3 is 14.8 Å². The van der Waals surface area contributed by atoms with Gasteiger partial charge in [0.15, 0.2) is 11.5 Å². The van der Waals surface area contributed by atoms with Crippen molar-refractivity contribution < 1.29 is 19.2 Å². The minimum atomic E-state index is -0.533. The van der Waals surface area contributed by atoms with Gasteiger partial charge in [-0.2, -0.15) is 0 Å². The predicted octanol–water partition coefficient (Wildman–Crippen LogP) is 3.32. The molecule has 0 fully saturated rings. The van der Waals surface area contributed by atoms with E-state index in [1.54, 1.807) is 19.2 Å². The number of methoxy groups -OCH3 is 1. The van der Waals surface area contributed by atoms with E-state index in [1.165, 1.54) is 24.3 Å². The second kappa shape index (κ2) is 8.14. The van der Waals surface area contributed by atoms with Gasteiger partial charge in [0.25, 0.3) is 11.6 Å². The van der Waals surface area contributed by atoms with Crippen LogP contribution in [0.3, 0.4) is 0 Å². The summed E-state index contributed by atoms with van der Waals surface area (Å²) in [4.78, 5) is 22.4. The molecule has 132 valence electrons. The summed E-state index contributed by atoms with van der Waals surface area (Å²) in [6, 6.07) is 11.0. The average Bonchev–Trinajstić information content (AvgIpc) is 2.60. The molecule has 25 heavy (non-hydrogen) atoms. The highest BCUT2D eigenvalue weighted by molar-refractivity contribution is 5.94. The Morgan fingerprint density at radius 3 is 2.60 bits per heavy atom. The number of ether oxygens (including phenoxy) is 2. The first-order chi connectivity index (χ1) is 11.9. The summed E-state index contributed by atoms with van der Waals surface area (Å²) < 4.78 is 11.0. The lowest BCUT2D eigenvalue weighted by molar-refractivity contribution is -0.384. The minimum Gasteiger partial charge on any atom is -0.493 e. The number of rotatable bonds is 7. The summed E-state index contributed by atoms with van der Waals surface area (Å²) in [5, 5.41) is 13.5. The molecule has 2 aromatic carbocycles. The van der Waals surface area contributed by atoms with Gasteiger partial charge in [-0.05, 0) is 37.6 Å². The Balaban J connectivity index is 2.06. The Bertz CT molecular complexity index is 774. The molecule has 0 heterocycles. The van der Waals surface area contributed by atoms with Crippen molar-refractivity contribution in [1.82, 2.24) is 5.32 Å². The van der Waals surface area contributed by atoms with Crippen molar-refractivity contribution in [1.29, 1.82) is 0 Å². The smallest absolute Gasteiger partial charge is 0.270 e. The van der Waals surface area contributed by atoms with Crippen molar-refractivity contribution in [2.45, 2.75) is 26.5 Å². The fourth-order valence-electron chi connectivity index (χ4n) is 2.22. The van der Waals surface area contributed by atoms with Gasteiger partial charge in [0.2, 0.25) is 0 Å². The van der Waals surface area contributed by atoms with Crippen molar-refractivity contribution >= 4 is 11.6 Å². The number of hydrogen-bond donors (Lipinski definition) is 1. The molecule has 0 aliphatic rings. The van der Waals surface area contributed by atoms with Crippen LogP contribution in [0.1, 0.15) is 29.8 Å². The van der Waals surface area contributed by atoms with E-state index in [0.717, 1.165) is 5.56 Å². The van der Waals surface area contributed by atoms with Crippen molar-refractivity contribution in [2.75, 3.05) is 7.11 Å². The molecule has 2 rings (SSSR count). The van der Waals surface area contributed by atoms with Crippen molar-refractivity contribution in [3.63, 3.8) is 0 Å². The zero-order valence-electron chi connectivity index (χ0n) is 14.3. The number of nitrogens with one attached hydrogen (secondary N) is 1. The number of nitro groups is 1. The van der Waals surface area contributed by atoms with Crippen LogP contribution in [0.4, 0.5) is 5.69 Å². The molecule has 0 unspecified atom stereocenters. The molecule has 1 amide bonds. The highest BCUT2D eigenvalue weighted by Crippen LogP contribution is 2.29. The number of nitro benzene ring substituents is 1. The van der Waals surface area contributed by atoms with Gasteiger partial charge >= 0.3 is 0 Å². The first-order valence-electron chi connectivity index (χ1n) is 7.77. The molecule has 1 N–H and O–H groups in total. The van der Waals surface area contributed by atoms with Crippen molar-refractivity contribution in [3.05, 3.63) is 63.7 Å². The Labute approximate surface area is 145 Å². The van der Waals surface area contributed by atoms with Gasteiger partial charge in [-0.1, -0.05) is 12.1 Å². The van der Waals surface area contributed by atoms with Crippen LogP contribution in [0.2, 0.25) is 0 Å². The van der Waals surface area contributed by atoms with Gasteiger partial charge in [-0.15, -0.1) is 0 Å². The minimum absolute atomic E-state index is 0.0216. The standard InChI is InChI=1S/C18H20N2O5/c1-12(2)25-16-8-7-13(9-17(16)24-3)11-19-18(21)14-5-4-6-15(10-14)20(22)23/h4-10,12H,11H2,1-3H3,(H,19,21).